The predicted molar refractivity (Wildman–Crippen MR) is 75.6 cm³/mol. The zero-order chi connectivity index (χ0) is 13.5. The van der Waals surface area contributed by atoms with Crippen LogP contribution in [0.3, 0.4) is 0 Å². The zero-order valence-electron chi connectivity index (χ0n) is 11.2. The molecule has 0 atom stereocenters. The van der Waals surface area contributed by atoms with E-state index < -0.39 is 0 Å². The highest BCUT2D eigenvalue weighted by Gasteiger charge is 2.27. The van der Waals surface area contributed by atoms with Crippen LogP contribution < -0.4 is 0 Å². The molecule has 0 saturated heterocycles. The minimum absolute atomic E-state index is 0.0466. The molecule has 6 heteroatoms. The van der Waals surface area contributed by atoms with Crippen molar-refractivity contribution in [2.45, 2.75) is 46.0 Å². The number of hydrogen-bond acceptors (Lipinski definition) is 5. The van der Waals surface area contributed by atoms with Crippen molar-refractivity contribution in [2.24, 2.45) is 0 Å². The average Bonchev–Trinajstić information content (AvgIpc) is 2.81. The van der Waals surface area contributed by atoms with Gasteiger partial charge in [0.25, 0.3) is 10.7 Å². The van der Waals surface area contributed by atoms with Crippen molar-refractivity contribution in [3.63, 3.8) is 0 Å². The first-order chi connectivity index (χ1) is 8.29. The van der Waals surface area contributed by atoms with Gasteiger partial charge >= 0.3 is 0 Å². The summed E-state index contributed by atoms with van der Waals surface area (Å²) in [7, 11) is 0. The maximum atomic E-state index is 5.42. The quantitative estimate of drug-likeness (QED) is 0.836. The number of thiazole rings is 1. The summed E-state index contributed by atoms with van der Waals surface area (Å²) in [5.74, 6) is 0.932. The molecule has 0 amide bonds. The van der Waals surface area contributed by atoms with E-state index in [1.807, 2.05) is 0 Å². The van der Waals surface area contributed by atoms with Gasteiger partial charge < -0.3 is 4.42 Å². The highest BCUT2D eigenvalue weighted by molar-refractivity contribution is 7.71. The Morgan fingerprint density at radius 3 is 2.44 bits per heavy atom. The molecule has 2 aromatic heterocycles. The summed E-state index contributed by atoms with van der Waals surface area (Å²) in [5, 5.41) is 7.87. The average molecular weight is 283 g/mol. The van der Waals surface area contributed by atoms with E-state index in [4.69, 9.17) is 21.6 Å². The lowest BCUT2D eigenvalue weighted by molar-refractivity contribution is 0.541. The molecule has 1 N–H and O–H groups in total. The van der Waals surface area contributed by atoms with Crippen LogP contribution >= 0.6 is 23.6 Å². The molecule has 0 fully saturated rings. The first kappa shape index (κ1) is 13.4. The number of H-pyrrole nitrogens is 1. The SMILES string of the molecule is CC(C)c1nc(C(C)(C)C)c(-c2n[nH]c(=S)o2)s1. The van der Waals surface area contributed by atoms with Crippen LogP contribution in [0, 0.1) is 4.84 Å². The molecular formula is C12H17N3OS2. The van der Waals surface area contributed by atoms with E-state index in [2.05, 4.69) is 44.8 Å². The molecular weight excluding hydrogens is 266 g/mol. The summed E-state index contributed by atoms with van der Waals surface area (Å²) in [6.07, 6.45) is 0. The van der Waals surface area contributed by atoms with E-state index in [1.165, 1.54) is 0 Å². The lowest BCUT2D eigenvalue weighted by Crippen LogP contribution is -2.13. The number of nitrogens with one attached hydrogen (secondary N) is 1. The van der Waals surface area contributed by atoms with Gasteiger partial charge in [0.1, 0.15) is 4.88 Å². The molecule has 4 nitrogen and oxygen atoms in total. The normalized spacial score (nSPS) is 12.3. The molecule has 0 aliphatic heterocycles. The fraction of sp³-hybridized carbons (Fsp3) is 0.583. The van der Waals surface area contributed by atoms with Crippen molar-refractivity contribution in [3.05, 3.63) is 15.5 Å². The molecule has 0 aromatic carbocycles. The molecule has 0 spiro atoms. The Balaban J connectivity index is 2.61. The van der Waals surface area contributed by atoms with Crippen molar-refractivity contribution in [2.75, 3.05) is 0 Å². The van der Waals surface area contributed by atoms with E-state index in [0.29, 0.717) is 16.6 Å². The van der Waals surface area contributed by atoms with Crippen molar-refractivity contribution in [3.8, 4) is 10.8 Å². The first-order valence-corrected chi connectivity index (χ1v) is 7.08. The summed E-state index contributed by atoms with van der Waals surface area (Å²) in [5.41, 5.74) is 0.969. The van der Waals surface area contributed by atoms with Gasteiger partial charge in [0, 0.05) is 11.3 Å². The van der Waals surface area contributed by atoms with Gasteiger partial charge in [0.2, 0.25) is 0 Å². The number of aromatic nitrogens is 3. The van der Waals surface area contributed by atoms with E-state index in [-0.39, 0.29) is 5.41 Å². The molecule has 0 radical (unpaired) electrons. The highest BCUT2D eigenvalue weighted by atomic mass is 32.1. The second kappa shape index (κ2) is 4.59. The van der Waals surface area contributed by atoms with Gasteiger partial charge in [-0.05, 0) is 12.2 Å². The standard InChI is InChI=1S/C12H17N3OS2/c1-6(2)10-13-8(12(3,4)5)7(18-10)9-14-15-11(17)16-9/h6H,1-5H3,(H,15,17). The topological polar surface area (TPSA) is 54.7 Å². The minimum atomic E-state index is -0.0466. The fourth-order valence-corrected chi connectivity index (χ4v) is 2.89. The van der Waals surface area contributed by atoms with Gasteiger partial charge in [-0.25, -0.2) is 10.1 Å². The van der Waals surface area contributed by atoms with Gasteiger partial charge in [-0.1, -0.05) is 34.6 Å². The van der Waals surface area contributed by atoms with Crippen LogP contribution in [0.2, 0.25) is 0 Å². The van der Waals surface area contributed by atoms with Gasteiger partial charge in [0.05, 0.1) is 10.7 Å². The zero-order valence-corrected chi connectivity index (χ0v) is 12.8. The summed E-state index contributed by atoms with van der Waals surface area (Å²) < 4.78 is 5.42. The van der Waals surface area contributed by atoms with Crippen molar-refractivity contribution >= 4 is 23.6 Å². The minimum Gasteiger partial charge on any atom is -0.408 e. The Morgan fingerprint density at radius 2 is 2.00 bits per heavy atom. The second-order valence-corrected chi connectivity index (χ2v) is 6.95. The third-order valence-electron chi connectivity index (χ3n) is 2.48. The van der Waals surface area contributed by atoms with Crippen molar-refractivity contribution in [1.29, 1.82) is 0 Å². The Bertz CT molecular complexity index is 601. The Labute approximate surface area is 115 Å². The van der Waals surface area contributed by atoms with E-state index in [0.717, 1.165) is 15.6 Å². The van der Waals surface area contributed by atoms with Crippen LogP contribution in [-0.2, 0) is 5.41 Å². The lowest BCUT2D eigenvalue weighted by Gasteiger charge is -2.16. The van der Waals surface area contributed by atoms with Gasteiger partial charge in [0.15, 0.2) is 0 Å². The van der Waals surface area contributed by atoms with Crippen LogP contribution in [0.25, 0.3) is 10.8 Å². The molecule has 18 heavy (non-hydrogen) atoms. The molecule has 0 saturated carbocycles. The summed E-state index contributed by atoms with van der Waals surface area (Å²) >= 11 is 6.55. The molecule has 2 rings (SSSR count). The molecule has 0 bridgehead atoms. The number of rotatable bonds is 2. The van der Waals surface area contributed by atoms with Gasteiger partial charge in [-0.3, -0.25) is 0 Å². The first-order valence-electron chi connectivity index (χ1n) is 5.86. The maximum Gasteiger partial charge on any atom is 0.284 e. The Kier molecular flexibility index (Phi) is 3.42. The smallest absolute Gasteiger partial charge is 0.284 e. The van der Waals surface area contributed by atoms with Crippen molar-refractivity contribution < 1.29 is 4.42 Å². The third kappa shape index (κ3) is 2.54. The number of nitrogens with zero attached hydrogens (tertiary/aromatic N) is 2. The molecule has 2 aromatic rings. The molecule has 0 aliphatic rings. The van der Waals surface area contributed by atoms with Gasteiger partial charge in [-0.2, -0.15) is 0 Å². The molecule has 0 unspecified atom stereocenters. The van der Waals surface area contributed by atoms with Crippen LogP contribution in [-0.4, -0.2) is 15.2 Å². The van der Waals surface area contributed by atoms with Crippen LogP contribution in [0.5, 0.6) is 0 Å². The van der Waals surface area contributed by atoms with Crippen LogP contribution in [0.15, 0.2) is 4.42 Å². The fourth-order valence-electron chi connectivity index (χ4n) is 1.56. The lowest BCUT2D eigenvalue weighted by atomic mass is 9.91. The molecule has 98 valence electrons. The number of hydrogen-bond donors (Lipinski definition) is 1. The summed E-state index contributed by atoms with van der Waals surface area (Å²) in [6, 6.07) is 0. The second-order valence-electron chi connectivity index (χ2n) is 5.55. The molecule has 0 aliphatic carbocycles. The Hall–Kier alpha value is -1.01. The Morgan fingerprint density at radius 1 is 1.33 bits per heavy atom. The molecule has 2 heterocycles. The van der Waals surface area contributed by atoms with Gasteiger partial charge in [-0.15, -0.1) is 16.4 Å². The van der Waals surface area contributed by atoms with Crippen molar-refractivity contribution in [1.82, 2.24) is 15.2 Å². The third-order valence-corrected chi connectivity index (χ3v) is 4.00. The monoisotopic (exact) mass is 283 g/mol. The highest BCUT2D eigenvalue weighted by Crippen LogP contribution is 2.38. The predicted octanol–water partition coefficient (Wildman–Crippen LogP) is 4.28. The van der Waals surface area contributed by atoms with Crippen LogP contribution in [0.1, 0.15) is 51.2 Å². The number of aromatic amines is 1. The van der Waals surface area contributed by atoms with Crippen LogP contribution in [0.4, 0.5) is 0 Å². The largest absolute Gasteiger partial charge is 0.408 e. The van der Waals surface area contributed by atoms with E-state index >= 15 is 0 Å². The summed E-state index contributed by atoms with van der Waals surface area (Å²) in [4.78, 5) is 6.00. The van der Waals surface area contributed by atoms with E-state index in [9.17, 15) is 0 Å². The van der Waals surface area contributed by atoms with E-state index in [1.54, 1.807) is 11.3 Å². The summed E-state index contributed by atoms with van der Waals surface area (Å²) in [6.45, 7) is 10.7. The maximum absolute atomic E-state index is 5.42.